The lowest BCUT2D eigenvalue weighted by Gasteiger charge is -2.33. The first-order valence-corrected chi connectivity index (χ1v) is 14.6. The van der Waals surface area contributed by atoms with Crippen LogP contribution in [0.5, 0.6) is 0 Å². The second kappa shape index (κ2) is 22.8. The Balaban J connectivity index is 0.00000102. The molecule has 3 atom stereocenters. The van der Waals surface area contributed by atoms with E-state index in [1.54, 1.807) is 7.11 Å². The Morgan fingerprint density at radius 2 is 1.32 bits per heavy atom. The van der Waals surface area contributed by atoms with Crippen molar-refractivity contribution in [2.24, 2.45) is 5.92 Å². The zero-order valence-corrected chi connectivity index (χ0v) is 25.3. The quantitative estimate of drug-likeness (QED) is 0.345. The fourth-order valence-electron chi connectivity index (χ4n) is 4.48. The molecule has 0 spiro atoms. The number of nitrogens with one attached hydrogen (secondary N) is 1. The molecule has 0 saturated heterocycles. The van der Waals surface area contributed by atoms with E-state index in [2.05, 4.69) is 104 Å². The lowest BCUT2D eigenvalue weighted by molar-refractivity contribution is 0.199. The standard InChI is InChI=1S/C25H27N.C4H10O.3C2H6/c1-19(21-10-4-2-5-11-21)26-18-20-16-23-14-8-9-15-24(23)25(17-20)22-12-6-3-7-13-22;1-3-4-5-2;3*1-2/h2-15,19-20,25-26H,16-18H2,1H3;3-4H2,1-2H3;3*1-2H3/t19-,20?,25?;;;;/m1..../s1. The first kappa shape index (κ1) is 34.6. The van der Waals surface area contributed by atoms with E-state index < -0.39 is 0 Å². The third kappa shape index (κ3) is 12.6. The maximum Gasteiger partial charge on any atom is 0.0459 e. The lowest BCUT2D eigenvalue weighted by Crippen LogP contribution is -2.31. The van der Waals surface area contributed by atoms with Crippen LogP contribution in [0, 0.1) is 5.92 Å². The monoisotopic (exact) mass is 505 g/mol. The highest BCUT2D eigenvalue weighted by Crippen LogP contribution is 2.39. The van der Waals surface area contributed by atoms with Gasteiger partial charge in [-0.1, -0.05) is 133 Å². The number of benzene rings is 3. The number of rotatable bonds is 7. The van der Waals surface area contributed by atoms with Gasteiger partial charge in [-0.25, -0.2) is 0 Å². The largest absolute Gasteiger partial charge is 0.385 e. The Labute approximate surface area is 229 Å². The van der Waals surface area contributed by atoms with Crippen LogP contribution in [0.25, 0.3) is 0 Å². The molecule has 0 saturated carbocycles. The summed E-state index contributed by atoms with van der Waals surface area (Å²) in [6.07, 6.45) is 3.51. The summed E-state index contributed by atoms with van der Waals surface area (Å²) < 4.78 is 4.69. The average molecular weight is 506 g/mol. The molecule has 2 nitrogen and oxygen atoms in total. The number of fused-ring (bicyclic) bond motifs is 1. The second-order valence-corrected chi connectivity index (χ2v) is 8.50. The fourth-order valence-corrected chi connectivity index (χ4v) is 4.48. The highest BCUT2D eigenvalue weighted by Gasteiger charge is 2.27. The lowest BCUT2D eigenvalue weighted by atomic mass is 9.74. The molecular formula is C35H55NO. The van der Waals surface area contributed by atoms with E-state index in [0.717, 1.165) is 19.6 Å². The minimum atomic E-state index is 0.392. The summed E-state index contributed by atoms with van der Waals surface area (Å²) in [5.74, 6) is 1.18. The van der Waals surface area contributed by atoms with Gasteiger partial charge in [0.1, 0.15) is 0 Å². The molecule has 3 aromatic rings. The van der Waals surface area contributed by atoms with E-state index >= 15 is 0 Å². The van der Waals surface area contributed by atoms with Gasteiger partial charge in [0.25, 0.3) is 0 Å². The first-order valence-electron chi connectivity index (χ1n) is 14.6. The molecule has 1 N–H and O–H groups in total. The third-order valence-corrected chi connectivity index (χ3v) is 6.13. The van der Waals surface area contributed by atoms with Gasteiger partial charge in [-0.15, -0.1) is 0 Å². The summed E-state index contributed by atoms with van der Waals surface area (Å²) >= 11 is 0. The van der Waals surface area contributed by atoms with Gasteiger partial charge < -0.3 is 10.1 Å². The topological polar surface area (TPSA) is 21.3 Å². The molecule has 0 heterocycles. The Morgan fingerprint density at radius 3 is 1.86 bits per heavy atom. The van der Waals surface area contributed by atoms with Crippen LogP contribution in [0.1, 0.15) is 102 Å². The molecule has 0 aromatic heterocycles. The second-order valence-electron chi connectivity index (χ2n) is 8.50. The van der Waals surface area contributed by atoms with Crippen molar-refractivity contribution in [3.63, 3.8) is 0 Å². The van der Waals surface area contributed by atoms with Gasteiger partial charge in [0.05, 0.1) is 0 Å². The van der Waals surface area contributed by atoms with Crippen molar-refractivity contribution in [2.45, 2.75) is 86.6 Å². The molecule has 37 heavy (non-hydrogen) atoms. The van der Waals surface area contributed by atoms with Crippen molar-refractivity contribution in [1.29, 1.82) is 0 Å². The van der Waals surface area contributed by atoms with Crippen molar-refractivity contribution >= 4 is 0 Å². The average Bonchev–Trinajstić information content (AvgIpc) is 3.00. The molecular weight excluding hydrogens is 450 g/mol. The molecule has 0 radical (unpaired) electrons. The smallest absolute Gasteiger partial charge is 0.0459 e. The molecule has 1 aliphatic rings. The van der Waals surface area contributed by atoms with E-state index in [4.69, 9.17) is 4.74 Å². The normalized spacial score (nSPS) is 15.9. The van der Waals surface area contributed by atoms with E-state index in [1.165, 1.54) is 35.1 Å². The molecule has 4 rings (SSSR count). The predicted molar refractivity (Wildman–Crippen MR) is 166 cm³/mol. The van der Waals surface area contributed by atoms with Crippen molar-refractivity contribution in [3.05, 3.63) is 107 Å². The van der Waals surface area contributed by atoms with E-state index in [9.17, 15) is 0 Å². The molecule has 3 aromatic carbocycles. The van der Waals surface area contributed by atoms with Gasteiger partial charge in [0.15, 0.2) is 0 Å². The van der Waals surface area contributed by atoms with Crippen molar-refractivity contribution in [1.82, 2.24) is 5.32 Å². The van der Waals surface area contributed by atoms with Crippen molar-refractivity contribution in [2.75, 3.05) is 20.3 Å². The molecule has 1 aliphatic carbocycles. The van der Waals surface area contributed by atoms with Crippen LogP contribution in [0.4, 0.5) is 0 Å². The van der Waals surface area contributed by atoms with E-state index in [-0.39, 0.29) is 0 Å². The van der Waals surface area contributed by atoms with Crippen LogP contribution in [0.3, 0.4) is 0 Å². The van der Waals surface area contributed by atoms with Gasteiger partial charge in [-0.3, -0.25) is 0 Å². The predicted octanol–water partition coefficient (Wildman–Crippen LogP) is 9.85. The summed E-state index contributed by atoms with van der Waals surface area (Å²) in [6, 6.07) is 31.1. The van der Waals surface area contributed by atoms with Gasteiger partial charge in [-0.05, 0) is 60.9 Å². The minimum absolute atomic E-state index is 0.392. The van der Waals surface area contributed by atoms with Gasteiger partial charge >= 0.3 is 0 Å². The van der Waals surface area contributed by atoms with Crippen molar-refractivity contribution in [3.8, 4) is 0 Å². The van der Waals surface area contributed by atoms with Crippen LogP contribution in [0.15, 0.2) is 84.9 Å². The Morgan fingerprint density at radius 1 is 0.784 bits per heavy atom. The van der Waals surface area contributed by atoms with E-state index in [0.29, 0.717) is 17.9 Å². The number of hydrogen-bond donors (Lipinski definition) is 1. The molecule has 0 aliphatic heterocycles. The molecule has 2 unspecified atom stereocenters. The Kier molecular flexibility index (Phi) is 21.3. The van der Waals surface area contributed by atoms with Crippen LogP contribution >= 0.6 is 0 Å². The first-order chi connectivity index (χ1) is 18.2. The summed E-state index contributed by atoms with van der Waals surface area (Å²) in [5, 5.41) is 3.77. The Hall–Kier alpha value is -2.42. The van der Waals surface area contributed by atoms with Gasteiger partial charge in [0, 0.05) is 25.7 Å². The zero-order chi connectivity index (χ0) is 27.9. The molecule has 0 amide bonds. The van der Waals surface area contributed by atoms with Crippen LogP contribution < -0.4 is 5.32 Å². The summed E-state index contributed by atoms with van der Waals surface area (Å²) in [5.41, 5.74) is 5.85. The van der Waals surface area contributed by atoms with Crippen LogP contribution in [-0.2, 0) is 11.2 Å². The third-order valence-electron chi connectivity index (χ3n) is 6.13. The van der Waals surface area contributed by atoms with Crippen molar-refractivity contribution < 1.29 is 4.74 Å². The Bertz CT molecular complexity index is 876. The number of methoxy groups -OCH3 is 1. The SMILES string of the molecule is CC.CC.CC.CCCOC.C[C@@H](NCC1Cc2ccccc2C(c2ccccc2)C1)c1ccccc1. The molecule has 2 heteroatoms. The highest BCUT2D eigenvalue weighted by atomic mass is 16.5. The minimum Gasteiger partial charge on any atom is -0.385 e. The summed E-state index contributed by atoms with van der Waals surface area (Å²) in [7, 11) is 1.71. The number of hydrogen-bond acceptors (Lipinski definition) is 2. The van der Waals surface area contributed by atoms with Crippen LogP contribution in [-0.4, -0.2) is 20.3 Å². The number of ether oxygens (including phenoxy) is 1. The zero-order valence-electron chi connectivity index (χ0n) is 25.3. The van der Waals surface area contributed by atoms with E-state index in [1.807, 2.05) is 41.5 Å². The van der Waals surface area contributed by atoms with Gasteiger partial charge in [0.2, 0.25) is 0 Å². The molecule has 0 fully saturated rings. The summed E-state index contributed by atoms with van der Waals surface area (Å²) in [4.78, 5) is 0. The molecule has 0 bridgehead atoms. The van der Waals surface area contributed by atoms with Crippen LogP contribution in [0.2, 0.25) is 0 Å². The highest BCUT2D eigenvalue weighted by molar-refractivity contribution is 5.40. The summed E-state index contributed by atoms with van der Waals surface area (Å²) in [6.45, 7) is 18.3. The van der Waals surface area contributed by atoms with Gasteiger partial charge in [-0.2, -0.15) is 0 Å². The maximum absolute atomic E-state index is 4.69. The molecule has 206 valence electrons. The maximum atomic E-state index is 4.69. The fraction of sp³-hybridized carbons (Fsp3) is 0.486.